The van der Waals surface area contributed by atoms with E-state index < -0.39 is 5.60 Å². The Kier molecular flexibility index (Phi) is 5.51. The molecule has 0 saturated heterocycles. The van der Waals surface area contributed by atoms with Crippen molar-refractivity contribution in [1.29, 1.82) is 5.41 Å². The monoisotopic (exact) mass is 357 g/mol. The van der Waals surface area contributed by atoms with Crippen molar-refractivity contribution in [3.8, 4) is 0 Å². The highest BCUT2D eigenvalue weighted by molar-refractivity contribution is 5.94. The summed E-state index contributed by atoms with van der Waals surface area (Å²) in [4.78, 5) is 12.2. The van der Waals surface area contributed by atoms with Crippen LogP contribution in [0.25, 0.3) is 0 Å². The summed E-state index contributed by atoms with van der Waals surface area (Å²) in [5, 5.41) is 23.0. The number of carbonyl (C=O) groups excluding carboxylic acids is 1. The molecule has 4 rings (SSSR count). The summed E-state index contributed by atoms with van der Waals surface area (Å²) in [5.41, 5.74) is 6.94. The van der Waals surface area contributed by atoms with Crippen molar-refractivity contribution in [2.45, 2.75) is 62.4 Å². The van der Waals surface area contributed by atoms with Crippen LogP contribution in [0.4, 0.5) is 0 Å². The van der Waals surface area contributed by atoms with Gasteiger partial charge in [0, 0.05) is 18.7 Å². The Morgan fingerprint density at radius 2 is 1.77 bits per heavy atom. The number of guanidine groups is 1. The molecule has 0 aromatic heterocycles. The smallest absolute Gasteiger partial charge is 0.251 e. The number of hydrogen-bond donors (Lipinski definition) is 5. The van der Waals surface area contributed by atoms with Crippen molar-refractivity contribution in [2.75, 3.05) is 6.54 Å². The van der Waals surface area contributed by atoms with Crippen molar-refractivity contribution in [3.05, 3.63) is 41.9 Å². The number of unbranched alkanes of at least 4 members (excludes halogenated alkanes) is 1. The van der Waals surface area contributed by atoms with Gasteiger partial charge in [-0.05, 0) is 74.5 Å². The second kappa shape index (κ2) is 7.66. The van der Waals surface area contributed by atoms with E-state index in [-0.39, 0.29) is 17.3 Å². The number of amides is 1. The fourth-order valence-corrected chi connectivity index (χ4v) is 4.25. The first-order valence-electron chi connectivity index (χ1n) is 9.46. The lowest BCUT2D eigenvalue weighted by Crippen LogP contribution is -2.48. The molecule has 1 aromatic carbocycles. The fourth-order valence-electron chi connectivity index (χ4n) is 4.25. The van der Waals surface area contributed by atoms with Gasteiger partial charge in [0.25, 0.3) is 5.91 Å². The van der Waals surface area contributed by atoms with Crippen molar-refractivity contribution in [2.24, 2.45) is 5.73 Å². The van der Waals surface area contributed by atoms with Crippen LogP contribution in [-0.4, -0.2) is 29.1 Å². The lowest BCUT2D eigenvalue weighted by molar-refractivity contribution is -0.0660. The summed E-state index contributed by atoms with van der Waals surface area (Å²) in [5.74, 6) is -0.135. The topological polar surface area (TPSA) is 111 Å². The van der Waals surface area contributed by atoms with Crippen LogP contribution < -0.4 is 16.4 Å². The Hall–Kier alpha value is -2.08. The zero-order valence-electron chi connectivity index (χ0n) is 15.2. The van der Waals surface area contributed by atoms with Crippen LogP contribution in [0.5, 0.6) is 0 Å². The summed E-state index contributed by atoms with van der Waals surface area (Å²) < 4.78 is 0. The quantitative estimate of drug-likeness (QED) is 0.292. The minimum Gasteiger partial charge on any atom is -0.390 e. The second-order valence-corrected chi connectivity index (χ2v) is 7.74. The molecule has 6 nitrogen and oxygen atoms in total. The molecule has 3 aliphatic carbocycles. The number of rotatable bonds is 7. The van der Waals surface area contributed by atoms with E-state index in [1.807, 2.05) is 12.1 Å². The van der Waals surface area contributed by atoms with Crippen LogP contribution in [0, 0.1) is 12.0 Å². The third-order valence-electron chi connectivity index (χ3n) is 6.04. The summed E-state index contributed by atoms with van der Waals surface area (Å²) in [6.07, 6.45) is 7.31. The largest absolute Gasteiger partial charge is 0.390 e. The van der Waals surface area contributed by atoms with Gasteiger partial charge in [0.2, 0.25) is 0 Å². The molecule has 1 aromatic rings. The SMILES string of the molecule is N=C(N)NCCC[CH]NC(=O)c1ccc(C23CCC(O)(CC2)CC3)cc1. The molecule has 1 radical (unpaired) electrons. The van der Waals surface area contributed by atoms with Crippen LogP contribution in [0.15, 0.2) is 24.3 Å². The first kappa shape index (κ1) is 18.7. The minimum absolute atomic E-state index is 0.0331. The fraction of sp³-hybridized carbons (Fsp3) is 0.550. The Labute approximate surface area is 155 Å². The van der Waals surface area contributed by atoms with Crippen LogP contribution in [0.1, 0.15) is 67.3 Å². The number of nitrogens with two attached hydrogens (primary N) is 1. The van der Waals surface area contributed by atoms with E-state index in [4.69, 9.17) is 11.1 Å². The molecule has 0 spiro atoms. The average Bonchev–Trinajstić information content (AvgIpc) is 2.65. The highest BCUT2D eigenvalue weighted by Crippen LogP contribution is 2.53. The highest BCUT2D eigenvalue weighted by Gasteiger charge is 2.48. The van der Waals surface area contributed by atoms with Crippen molar-refractivity contribution >= 4 is 11.9 Å². The third-order valence-corrected chi connectivity index (χ3v) is 6.04. The Bertz CT molecular complexity index is 632. The molecule has 26 heavy (non-hydrogen) atoms. The summed E-state index contributed by atoms with van der Waals surface area (Å²) in [6.45, 7) is 2.37. The molecule has 0 unspecified atom stereocenters. The molecular weight excluding hydrogens is 328 g/mol. The van der Waals surface area contributed by atoms with E-state index >= 15 is 0 Å². The number of hydrogen-bond acceptors (Lipinski definition) is 3. The van der Waals surface area contributed by atoms with Gasteiger partial charge in [-0.15, -0.1) is 0 Å². The van der Waals surface area contributed by atoms with Gasteiger partial charge >= 0.3 is 0 Å². The van der Waals surface area contributed by atoms with E-state index in [9.17, 15) is 9.90 Å². The predicted octanol–water partition coefficient (Wildman–Crippen LogP) is 2.18. The lowest BCUT2D eigenvalue weighted by Gasteiger charge is -2.51. The van der Waals surface area contributed by atoms with Gasteiger partial charge < -0.3 is 21.5 Å². The summed E-state index contributed by atoms with van der Waals surface area (Å²) >= 11 is 0. The van der Waals surface area contributed by atoms with Gasteiger partial charge in [-0.25, -0.2) is 0 Å². The third kappa shape index (κ3) is 4.18. The zero-order chi connectivity index (χ0) is 18.6. The van der Waals surface area contributed by atoms with E-state index in [0.717, 1.165) is 51.4 Å². The Morgan fingerprint density at radius 1 is 1.15 bits per heavy atom. The van der Waals surface area contributed by atoms with E-state index in [2.05, 4.69) is 22.8 Å². The van der Waals surface area contributed by atoms with Crippen molar-refractivity contribution < 1.29 is 9.90 Å². The zero-order valence-corrected chi connectivity index (χ0v) is 15.2. The maximum absolute atomic E-state index is 12.2. The van der Waals surface area contributed by atoms with Crippen LogP contribution in [-0.2, 0) is 5.41 Å². The number of aliphatic hydroxyl groups is 1. The van der Waals surface area contributed by atoms with Gasteiger partial charge in [0.05, 0.1) is 5.60 Å². The molecule has 0 heterocycles. The molecule has 0 aliphatic heterocycles. The van der Waals surface area contributed by atoms with Crippen LogP contribution in [0.2, 0.25) is 0 Å². The molecular formula is C20H29N4O2. The molecule has 2 bridgehead atoms. The van der Waals surface area contributed by atoms with Gasteiger partial charge in [-0.2, -0.15) is 0 Å². The summed E-state index contributed by atoms with van der Waals surface area (Å²) in [7, 11) is 0. The molecule has 3 aliphatic rings. The highest BCUT2D eigenvalue weighted by atomic mass is 16.3. The maximum Gasteiger partial charge on any atom is 0.251 e. The first-order valence-corrected chi connectivity index (χ1v) is 9.46. The van der Waals surface area contributed by atoms with Gasteiger partial charge in [-0.1, -0.05) is 12.1 Å². The number of nitrogens with one attached hydrogen (secondary N) is 3. The van der Waals surface area contributed by atoms with Crippen LogP contribution >= 0.6 is 0 Å². The molecule has 6 N–H and O–H groups in total. The number of carbonyl (C=O) groups is 1. The van der Waals surface area contributed by atoms with E-state index in [0.29, 0.717) is 12.1 Å². The van der Waals surface area contributed by atoms with Crippen molar-refractivity contribution in [1.82, 2.24) is 10.6 Å². The molecule has 141 valence electrons. The minimum atomic E-state index is -0.419. The normalized spacial score (nSPS) is 27.1. The molecule has 1 amide bonds. The number of fused-ring (bicyclic) bond motifs is 3. The standard InChI is InChI=1S/C20H29N4O2/c21-18(22)24-14-2-1-13-23-17(25)15-3-5-16(6-4-15)19-7-10-20(26,11-8-19)12-9-19/h3-6,13,26H,1-2,7-12,14H2,(H,23,25)(H4,21,22,24). The Morgan fingerprint density at radius 3 is 2.35 bits per heavy atom. The maximum atomic E-state index is 12.2. The van der Waals surface area contributed by atoms with Gasteiger partial charge in [0.15, 0.2) is 5.96 Å². The molecule has 0 atom stereocenters. The van der Waals surface area contributed by atoms with E-state index in [1.165, 1.54) is 5.56 Å². The van der Waals surface area contributed by atoms with Gasteiger partial charge in [-0.3, -0.25) is 10.2 Å². The second-order valence-electron chi connectivity index (χ2n) is 7.74. The molecule has 3 fully saturated rings. The first-order chi connectivity index (χ1) is 12.4. The van der Waals surface area contributed by atoms with Crippen molar-refractivity contribution in [3.63, 3.8) is 0 Å². The predicted molar refractivity (Wildman–Crippen MR) is 102 cm³/mol. The molecule has 6 heteroatoms. The Balaban J connectivity index is 1.48. The van der Waals surface area contributed by atoms with Gasteiger partial charge in [0.1, 0.15) is 0 Å². The summed E-state index contributed by atoms with van der Waals surface area (Å²) in [6, 6.07) is 7.97. The number of benzene rings is 1. The lowest BCUT2D eigenvalue weighted by atomic mass is 9.56. The van der Waals surface area contributed by atoms with E-state index in [1.54, 1.807) is 6.54 Å². The van der Waals surface area contributed by atoms with Crippen LogP contribution in [0.3, 0.4) is 0 Å². The average molecular weight is 357 g/mol. The molecule has 3 saturated carbocycles.